The maximum Gasteiger partial charge on any atom is 0.0964 e. The van der Waals surface area contributed by atoms with Gasteiger partial charge in [-0.25, -0.2) is 0 Å². The van der Waals surface area contributed by atoms with Crippen LogP contribution in [0.1, 0.15) is 58.6 Å². The maximum absolute atomic E-state index is 4.25. The summed E-state index contributed by atoms with van der Waals surface area (Å²) in [4.78, 5) is 2.65. The normalized spacial score (nSPS) is 20.9. The van der Waals surface area contributed by atoms with Crippen LogP contribution >= 0.6 is 0 Å². The Hall–Kier alpha value is -0.940. The Morgan fingerprint density at radius 1 is 1.29 bits per heavy atom. The van der Waals surface area contributed by atoms with Gasteiger partial charge in [0.25, 0.3) is 0 Å². The molecule has 0 radical (unpaired) electrons. The van der Waals surface area contributed by atoms with Crippen molar-refractivity contribution in [2.45, 2.75) is 78.0 Å². The minimum absolute atomic E-state index is 0.484. The highest BCUT2D eigenvalue weighted by atomic mass is 15.4. The quantitative estimate of drug-likeness (QED) is 0.839. The third kappa shape index (κ3) is 5.40. The van der Waals surface area contributed by atoms with E-state index in [0.29, 0.717) is 6.04 Å². The van der Waals surface area contributed by atoms with Gasteiger partial charge in [-0.05, 0) is 25.8 Å². The van der Waals surface area contributed by atoms with Crippen LogP contribution in [0.3, 0.4) is 0 Å². The molecule has 1 fully saturated rings. The molecule has 1 saturated heterocycles. The number of likely N-dealkylation sites (tertiary alicyclic amines) is 1. The predicted molar refractivity (Wildman–Crippen MR) is 86.1 cm³/mol. The molecule has 1 atom stereocenters. The third-order valence-corrected chi connectivity index (χ3v) is 4.36. The van der Waals surface area contributed by atoms with Crippen molar-refractivity contribution in [2.24, 2.45) is 0 Å². The zero-order chi connectivity index (χ0) is 15.1. The fourth-order valence-corrected chi connectivity index (χ4v) is 3.06. The second-order valence-electron chi connectivity index (χ2n) is 6.46. The lowest BCUT2D eigenvalue weighted by Gasteiger charge is -2.28. The van der Waals surface area contributed by atoms with Crippen LogP contribution in [0.2, 0.25) is 0 Å². The van der Waals surface area contributed by atoms with Crippen molar-refractivity contribution in [1.29, 1.82) is 0 Å². The van der Waals surface area contributed by atoms with Gasteiger partial charge in [-0.15, -0.1) is 5.10 Å². The fraction of sp³-hybridized carbons (Fsp3) is 0.875. The number of nitrogens with one attached hydrogen (secondary N) is 1. The number of hydrogen-bond acceptors (Lipinski definition) is 4. The molecule has 120 valence electrons. The van der Waals surface area contributed by atoms with Crippen LogP contribution in [0.15, 0.2) is 6.20 Å². The Bertz CT molecular complexity index is 401. The SMILES string of the molecule is CCC1CCCCCN1CCn1cc(CNC(C)C)nn1. The van der Waals surface area contributed by atoms with E-state index in [1.165, 1.54) is 38.6 Å². The van der Waals surface area contributed by atoms with E-state index in [2.05, 4.69) is 47.5 Å². The van der Waals surface area contributed by atoms with Crippen molar-refractivity contribution in [3.05, 3.63) is 11.9 Å². The summed E-state index contributed by atoms with van der Waals surface area (Å²) in [6, 6.07) is 1.25. The lowest BCUT2D eigenvalue weighted by atomic mass is 10.1. The molecular formula is C16H31N5. The van der Waals surface area contributed by atoms with E-state index >= 15 is 0 Å². The van der Waals surface area contributed by atoms with E-state index in [1.54, 1.807) is 0 Å². The molecule has 1 aliphatic heterocycles. The first-order valence-corrected chi connectivity index (χ1v) is 8.55. The Morgan fingerprint density at radius 2 is 2.14 bits per heavy atom. The van der Waals surface area contributed by atoms with Gasteiger partial charge in [0.2, 0.25) is 0 Å². The molecule has 21 heavy (non-hydrogen) atoms. The average molecular weight is 293 g/mol. The zero-order valence-electron chi connectivity index (χ0n) is 13.9. The summed E-state index contributed by atoms with van der Waals surface area (Å²) in [6.45, 7) is 10.7. The van der Waals surface area contributed by atoms with E-state index in [0.717, 1.165) is 31.4 Å². The van der Waals surface area contributed by atoms with Crippen molar-refractivity contribution in [3.63, 3.8) is 0 Å². The van der Waals surface area contributed by atoms with E-state index in [-0.39, 0.29) is 0 Å². The average Bonchev–Trinajstić information content (AvgIpc) is 2.80. The highest BCUT2D eigenvalue weighted by molar-refractivity contribution is 4.92. The molecule has 2 heterocycles. The van der Waals surface area contributed by atoms with Gasteiger partial charge < -0.3 is 5.32 Å². The number of aromatic nitrogens is 3. The molecule has 0 spiro atoms. The van der Waals surface area contributed by atoms with Gasteiger partial charge in [-0.2, -0.15) is 0 Å². The van der Waals surface area contributed by atoms with Gasteiger partial charge in [0.15, 0.2) is 0 Å². The summed E-state index contributed by atoms with van der Waals surface area (Å²) >= 11 is 0. The van der Waals surface area contributed by atoms with E-state index < -0.39 is 0 Å². The van der Waals surface area contributed by atoms with Crippen molar-refractivity contribution < 1.29 is 0 Å². The van der Waals surface area contributed by atoms with Crippen molar-refractivity contribution >= 4 is 0 Å². The molecule has 0 saturated carbocycles. The van der Waals surface area contributed by atoms with Gasteiger partial charge >= 0.3 is 0 Å². The fourth-order valence-electron chi connectivity index (χ4n) is 3.06. The predicted octanol–water partition coefficient (Wildman–Crippen LogP) is 2.43. The van der Waals surface area contributed by atoms with Crippen LogP contribution in [0.25, 0.3) is 0 Å². The van der Waals surface area contributed by atoms with E-state index in [9.17, 15) is 0 Å². The molecule has 1 unspecified atom stereocenters. The second-order valence-corrected chi connectivity index (χ2v) is 6.46. The Morgan fingerprint density at radius 3 is 2.90 bits per heavy atom. The Kier molecular flexibility index (Phi) is 6.64. The van der Waals surface area contributed by atoms with Crippen molar-refractivity contribution in [2.75, 3.05) is 13.1 Å². The van der Waals surface area contributed by atoms with Gasteiger partial charge in [-0.1, -0.05) is 38.8 Å². The smallest absolute Gasteiger partial charge is 0.0964 e. The molecular weight excluding hydrogens is 262 g/mol. The summed E-state index contributed by atoms with van der Waals surface area (Å²) in [7, 11) is 0. The van der Waals surface area contributed by atoms with Gasteiger partial charge in [0, 0.05) is 31.4 Å². The standard InChI is InChI=1S/C16H31N5/c1-4-16-8-6-5-7-9-20(16)10-11-21-13-15(18-19-21)12-17-14(2)3/h13-14,16-17H,4-12H2,1-3H3. The summed E-state index contributed by atoms with van der Waals surface area (Å²) < 4.78 is 1.99. The van der Waals surface area contributed by atoms with Crippen LogP contribution < -0.4 is 5.32 Å². The maximum atomic E-state index is 4.25. The van der Waals surface area contributed by atoms with Crippen LogP contribution in [0.5, 0.6) is 0 Å². The van der Waals surface area contributed by atoms with Crippen molar-refractivity contribution in [3.8, 4) is 0 Å². The molecule has 1 aromatic heterocycles. The topological polar surface area (TPSA) is 46.0 Å². The first-order chi connectivity index (χ1) is 10.2. The molecule has 2 rings (SSSR count). The molecule has 1 aromatic rings. The lowest BCUT2D eigenvalue weighted by Crippen LogP contribution is -2.36. The highest BCUT2D eigenvalue weighted by Crippen LogP contribution is 2.18. The van der Waals surface area contributed by atoms with Crippen LogP contribution in [0, 0.1) is 0 Å². The number of nitrogens with zero attached hydrogens (tertiary/aromatic N) is 4. The third-order valence-electron chi connectivity index (χ3n) is 4.36. The second kappa shape index (κ2) is 8.49. The highest BCUT2D eigenvalue weighted by Gasteiger charge is 2.19. The van der Waals surface area contributed by atoms with Crippen molar-refractivity contribution in [1.82, 2.24) is 25.2 Å². The van der Waals surface area contributed by atoms with Crippen LogP contribution in [0.4, 0.5) is 0 Å². The Balaban J connectivity index is 1.81. The molecule has 0 amide bonds. The van der Waals surface area contributed by atoms with Crippen LogP contribution in [-0.4, -0.2) is 45.1 Å². The van der Waals surface area contributed by atoms with E-state index in [4.69, 9.17) is 0 Å². The summed E-state index contributed by atoms with van der Waals surface area (Å²) in [5, 5.41) is 11.9. The molecule has 1 N–H and O–H groups in total. The molecule has 0 aliphatic carbocycles. The summed E-state index contributed by atoms with van der Waals surface area (Å²) in [6.07, 6.45) is 8.83. The molecule has 5 heteroatoms. The molecule has 1 aliphatic rings. The number of rotatable bonds is 7. The molecule has 0 aromatic carbocycles. The minimum Gasteiger partial charge on any atom is -0.309 e. The largest absolute Gasteiger partial charge is 0.309 e. The van der Waals surface area contributed by atoms with Gasteiger partial charge in [0.1, 0.15) is 0 Å². The Labute approximate surface area is 129 Å². The first-order valence-electron chi connectivity index (χ1n) is 8.55. The number of hydrogen-bond donors (Lipinski definition) is 1. The minimum atomic E-state index is 0.484. The van der Waals surface area contributed by atoms with Crippen LogP contribution in [-0.2, 0) is 13.1 Å². The first kappa shape index (κ1) is 16.4. The monoisotopic (exact) mass is 293 g/mol. The molecule has 5 nitrogen and oxygen atoms in total. The molecule has 0 bridgehead atoms. The summed E-state index contributed by atoms with van der Waals surface area (Å²) in [5.41, 5.74) is 1.03. The zero-order valence-corrected chi connectivity index (χ0v) is 13.9. The summed E-state index contributed by atoms with van der Waals surface area (Å²) in [5.74, 6) is 0. The van der Waals surface area contributed by atoms with E-state index in [1.807, 2.05) is 4.68 Å². The van der Waals surface area contributed by atoms with Gasteiger partial charge in [-0.3, -0.25) is 9.58 Å². The van der Waals surface area contributed by atoms with Gasteiger partial charge in [0.05, 0.1) is 12.2 Å². The lowest BCUT2D eigenvalue weighted by molar-refractivity contribution is 0.184.